The molecule has 0 heterocycles. The van der Waals surface area contributed by atoms with Gasteiger partial charge in [-0.1, -0.05) is 0 Å². The van der Waals surface area contributed by atoms with Crippen molar-refractivity contribution in [1.29, 1.82) is 0 Å². The molecule has 7 nitrogen and oxygen atoms in total. The minimum Gasteiger partial charge on any atom is -0.481 e. The van der Waals surface area contributed by atoms with Crippen molar-refractivity contribution in [2.45, 2.75) is 20.8 Å². The summed E-state index contributed by atoms with van der Waals surface area (Å²) in [7, 11) is 0. The lowest BCUT2D eigenvalue weighted by Crippen LogP contribution is -2.27. The van der Waals surface area contributed by atoms with Crippen molar-refractivity contribution in [1.82, 2.24) is 5.32 Å². The molecule has 0 atom stereocenters. The third-order valence-corrected chi connectivity index (χ3v) is 4.04. The Morgan fingerprint density at radius 2 is 1.95 bits per heavy atom. The summed E-state index contributed by atoms with van der Waals surface area (Å²) in [4.78, 5) is 33.2. The van der Waals surface area contributed by atoms with Gasteiger partial charge in [-0.05, 0) is 32.4 Å². The van der Waals surface area contributed by atoms with E-state index < -0.39 is 10.9 Å². The van der Waals surface area contributed by atoms with Crippen molar-refractivity contribution in [3.8, 4) is 0 Å². The highest BCUT2D eigenvalue weighted by Crippen LogP contribution is 2.28. The number of carbonyl (C=O) groups is 2. The van der Waals surface area contributed by atoms with E-state index in [2.05, 4.69) is 5.32 Å². The molecule has 1 aromatic carbocycles. The van der Waals surface area contributed by atoms with Gasteiger partial charge in [0, 0.05) is 23.4 Å². The molecular weight excluding hydrogens is 308 g/mol. The zero-order valence-corrected chi connectivity index (χ0v) is 13.5. The van der Waals surface area contributed by atoms with E-state index in [1.165, 1.54) is 11.8 Å². The van der Waals surface area contributed by atoms with Crippen LogP contribution in [0.4, 0.5) is 5.69 Å². The first-order chi connectivity index (χ1) is 10.3. The number of carboxylic acid groups (broad SMARTS) is 1. The Kier molecular flexibility index (Phi) is 6.36. The van der Waals surface area contributed by atoms with E-state index in [1.54, 1.807) is 26.8 Å². The molecule has 8 heteroatoms. The number of carbonyl (C=O) groups excluding carboxylic acids is 1. The van der Waals surface area contributed by atoms with Gasteiger partial charge in [0.05, 0.1) is 16.2 Å². The quantitative estimate of drug-likeness (QED) is 0.451. The second-order valence-corrected chi connectivity index (χ2v) is 5.92. The maximum atomic E-state index is 12.2. The second-order valence-electron chi connectivity index (χ2n) is 4.82. The van der Waals surface area contributed by atoms with E-state index >= 15 is 0 Å². The van der Waals surface area contributed by atoms with Crippen LogP contribution in [-0.2, 0) is 4.79 Å². The summed E-state index contributed by atoms with van der Waals surface area (Å²) in [6.07, 6.45) is 0. The normalized spacial score (nSPS) is 10.3. The van der Waals surface area contributed by atoms with Gasteiger partial charge in [0.25, 0.3) is 11.6 Å². The van der Waals surface area contributed by atoms with Crippen LogP contribution in [-0.4, -0.2) is 40.0 Å². The number of nitrogens with one attached hydrogen (secondary N) is 1. The molecule has 0 fully saturated rings. The van der Waals surface area contributed by atoms with Gasteiger partial charge in [0.2, 0.25) is 0 Å². The van der Waals surface area contributed by atoms with Crippen molar-refractivity contribution in [3.63, 3.8) is 0 Å². The molecule has 0 unspecified atom stereocenters. The highest BCUT2D eigenvalue weighted by molar-refractivity contribution is 7.99. The topological polar surface area (TPSA) is 110 Å². The first-order valence-corrected chi connectivity index (χ1v) is 7.74. The molecule has 0 aromatic heterocycles. The summed E-state index contributed by atoms with van der Waals surface area (Å²) in [6, 6.07) is 1.62. The van der Waals surface area contributed by atoms with Crippen LogP contribution in [0.2, 0.25) is 0 Å². The number of hydrogen-bond donors (Lipinski definition) is 2. The highest BCUT2D eigenvalue weighted by atomic mass is 32.2. The van der Waals surface area contributed by atoms with Crippen molar-refractivity contribution >= 4 is 29.3 Å². The van der Waals surface area contributed by atoms with Crippen LogP contribution >= 0.6 is 11.8 Å². The molecule has 22 heavy (non-hydrogen) atoms. The lowest BCUT2D eigenvalue weighted by Gasteiger charge is -2.12. The van der Waals surface area contributed by atoms with Gasteiger partial charge in [-0.15, -0.1) is 11.8 Å². The zero-order valence-electron chi connectivity index (χ0n) is 12.6. The molecule has 0 aliphatic heterocycles. The SMILES string of the molecule is Cc1cc(C)c([N+](=O)[O-])c(C)c1C(=O)NCCSCC(=O)O. The number of aliphatic carboxylic acids is 1. The van der Waals surface area contributed by atoms with Crippen LogP contribution in [0.25, 0.3) is 0 Å². The van der Waals surface area contributed by atoms with Crippen LogP contribution in [0, 0.1) is 30.9 Å². The molecule has 120 valence electrons. The molecule has 0 saturated heterocycles. The van der Waals surface area contributed by atoms with E-state index in [9.17, 15) is 19.7 Å². The summed E-state index contributed by atoms with van der Waals surface area (Å²) in [5, 5.41) is 22.3. The van der Waals surface area contributed by atoms with Crippen LogP contribution in [0.5, 0.6) is 0 Å². The molecule has 0 aliphatic rings. The molecule has 0 saturated carbocycles. The predicted molar refractivity (Wildman–Crippen MR) is 84.6 cm³/mol. The minimum absolute atomic E-state index is 0.0239. The van der Waals surface area contributed by atoms with Gasteiger partial charge in [-0.25, -0.2) is 0 Å². The van der Waals surface area contributed by atoms with Crippen LogP contribution in [0.15, 0.2) is 6.07 Å². The van der Waals surface area contributed by atoms with E-state index in [4.69, 9.17) is 5.11 Å². The number of amides is 1. The second kappa shape index (κ2) is 7.79. The highest BCUT2D eigenvalue weighted by Gasteiger charge is 2.23. The molecule has 0 bridgehead atoms. The summed E-state index contributed by atoms with van der Waals surface area (Å²) in [5.41, 5.74) is 1.81. The Hall–Kier alpha value is -2.09. The molecule has 1 rings (SSSR count). The largest absolute Gasteiger partial charge is 0.481 e. The Bertz CT molecular complexity index is 616. The van der Waals surface area contributed by atoms with Gasteiger partial charge < -0.3 is 10.4 Å². The fourth-order valence-electron chi connectivity index (χ4n) is 2.29. The predicted octanol–water partition coefficient (Wildman–Crippen LogP) is 2.07. The molecule has 1 aromatic rings. The van der Waals surface area contributed by atoms with Crippen LogP contribution in [0.3, 0.4) is 0 Å². The maximum absolute atomic E-state index is 12.2. The monoisotopic (exact) mass is 326 g/mol. The molecule has 0 radical (unpaired) electrons. The van der Waals surface area contributed by atoms with Gasteiger partial charge >= 0.3 is 5.97 Å². The van der Waals surface area contributed by atoms with Crippen molar-refractivity contribution in [2.24, 2.45) is 0 Å². The zero-order chi connectivity index (χ0) is 16.9. The molecule has 2 N–H and O–H groups in total. The fraction of sp³-hybridized carbons (Fsp3) is 0.429. The number of benzene rings is 1. The van der Waals surface area contributed by atoms with E-state index in [1.807, 2.05) is 0 Å². The number of hydrogen-bond acceptors (Lipinski definition) is 5. The van der Waals surface area contributed by atoms with Crippen LogP contribution in [0.1, 0.15) is 27.0 Å². The minimum atomic E-state index is -0.905. The van der Waals surface area contributed by atoms with E-state index in [0.29, 0.717) is 34.6 Å². The Labute approximate surface area is 132 Å². The number of thioether (sulfide) groups is 1. The summed E-state index contributed by atoms with van der Waals surface area (Å²) >= 11 is 1.19. The Morgan fingerprint density at radius 3 is 2.50 bits per heavy atom. The smallest absolute Gasteiger partial charge is 0.313 e. The van der Waals surface area contributed by atoms with E-state index in [-0.39, 0.29) is 17.3 Å². The molecule has 0 aliphatic carbocycles. The third kappa shape index (κ3) is 4.45. The molecular formula is C14H18N2O5S. The van der Waals surface area contributed by atoms with Crippen molar-refractivity contribution < 1.29 is 19.6 Å². The van der Waals surface area contributed by atoms with Gasteiger partial charge in [-0.2, -0.15) is 0 Å². The Balaban J connectivity index is 2.83. The number of nitro groups is 1. The number of carboxylic acids is 1. The lowest BCUT2D eigenvalue weighted by atomic mass is 9.97. The van der Waals surface area contributed by atoms with E-state index in [0.717, 1.165) is 0 Å². The number of nitrogens with zero attached hydrogens (tertiary/aromatic N) is 1. The maximum Gasteiger partial charge on any atom is 0.313 e. The number of nitro benzene ring substituents is 1. The van der Waals surface area contributed by atoms with Crippen molar-refractivity contribution in [2.75, 3.05) is 18.1 Å². The lowest BCUT2D eigenvalue weighted by molar-refractivity contribution is -0.386. The fourth-order valence-corrected chi connectivity index (χ4v) is 2.86. The first-order valence-electron chi connectivity index (χ1n) is 6.58. The third-order valence-electron chi connectivity index (χ3n) is 3.10. The van der Waals surface area contributed by atoms with Gasteiger partial charge in [0.1, 0.15) is 0 Å². The summed E-state index contributed by atoms with van der Waals surface area (Å²) in [5.74, 6) is -0.847. The van der Waals surface area contributed by atoms with Crippen molar-refractivity contribution in [3.05, 3.63) is 38.4 Å². The standard InChI is InChI=1S/C14H18N2O5S/c1-8-6-9(2)13(16(20)21)10(3)12(8)14(19)15-4-5-22-7-11(17)18/h6H,4-5,7H2,1-3H3,(H,15,19)(H,17,18). The number of aryl methyl sites for hydroxylation is 2. The number of rotatable bonds is 7. The molecule has 0 spiro atoms. The average Bonchev–Trinajstić information content (AvgIpc) is 2.36. The average molecular weight is 326 g/mol. The summed E-state index contributed by atoms with van der Waals surface area (Å²) in [6.45, 7) is 5.24. The first kappa shape index (κ1) is 18.0. The summed E-state index contributed by atoms with van der Waals surface area (Å²) < 4.78 is 0. The Morgan fingerprint density at radius 1 is 1.32 bits per heavy atom. The van der Waals surface area contributed by atoms with Crippen LogP contribution < -0.4 is 5.32 Å². The molecule has 1 amide bonds. The van der Waals surface area contributed by atoms with Gasteiger partial charge in [0.15, 0.2) is 0 Å². The van der Waals surface area contributed by atoms with Gasteiger partial charge in [-0.3, -0.25) is 19.7 Å².